The van der Waals surface area contributed by atoms with Gasteiger partial charge in [0.15, 0.2) is 0 Å². The van der Waals surface area contributed by atoms with Crippen LogP contribution in [0.1, 0.15) is 5.56 Å². The average Bonchev–Trinajstić information content (AvgIpc) is 2.57. The number of aromatic nitrogens is 1. The summed E-state index contributed by atoms with van der Waals surface area (Å²) in [6.45, 7) is 0. The van der Waals surface area contributed by atoms with Crippen LogP contribution in [-0.4, -0.2) is 13.0 Å². The third kappa shape index (κ3) is 2.87. The van der Waals surface area contributed by atoms with Crippen LogP contribution < -0.4 is 10.3 Å². The van der Waals surface area contributed by atoms with Crippen LogP contribution >= 0.6 is 0 Å². The fourth-order valence-corrected chi connectivity index (χ4v) is 3.48. The highest BCUT2D eigenvalue weighted by molar-refractivity contribution is 7.92. The van der Waals surface area contributed by atoms with Gasteiger partial charge in [0.2, 0.25) is 0 Å². The van der Waals surface area contributed by atoms with Gasteiger partial charge in [0, 0.05) is 13.1 Å². The third-order valence-corrected chi connectivity index (χ3v) is 5.03. The van der Waals surface area contributed by atoms with Crippen LogP contribution in [-0.2, 0) is 17.1 Å². The second-order valence-electron chi connectivity index (χ2n) is 5.25. The van der Waals surface area contributed by atoms with E-state index in [0.717, 1.165) is 0 Å². The van der Waals surface area contributed by atoms with Crippen LogP contribution in [0.25, 0.3) is 10.9 Å². The second kappa shape index (κ2) is 5.83. The molecule has 0 atom stereocenters. The summed E-state index contributed by atoms with van der Waals surface area (Å²) in [7, 11) is -2.17. The van der Waals surface area contributed by atoms with Crippen LogP contribution in [0.4, 0.5) is 5.69 Å². The van der Waals surface area contributed by atoms with Gasteiger partial charge in [-0.1, -0.05) is 6.07 Å². The molecule has 2 aromatic carbocycles. The molecule has 0 bridgehead atoms. The normalized spacial score (nSPS) is 11.2. The number of nitriles is 1. The average molecular weight is 339 g/mol. The predicted octanol–water partition coefficient (Wildman–Crippen LogP) is 2.21. The molecule has 3 rings (SSSR count). The molecule has 1 heterocycles. The lowest BCUT2D eigenvalue weighted by Gasteiger charge is -2.10. The molecule has 0 unspecified atom stereocenters. The molecule has 0 spiro atoms. The maximum Gasteiger partial charge on any atom is 0.261 e. The van der Waals surface area contributed by atoms with Crippen molar-refractivity contribution in [3.8, 4) is 6.07 Å². The number of aryl methyl sites for hydroxylation is 1. The van der Waals surface area contributed by atoms with E-state index in [0.29, 0.717) is 22.2 Å². The van der Waals surface area contributed by atoms with E-state index in [4.69, 9.17) is 5.26 Å². The van der Waals surface area contributed by atoms with Crippen LogP contribution in [0.3, 0.4) is 0 Å². The highest BCUT2D eigenvalue weighted by Crippen LogP contribution is 2.21. The molecule has 0 saturated heterocycles. The molecule has 0 aliphatic heterocycles. The number of benzene rings is 2. The van der Waals surface area contributed by atoms with Crippen molar-refractivity contribution >= 4 is 26.6 Å². The molecular formula is C17H13N3O3S. The van der Waals surface area contributed by atoms with Crippen LogP contribution in [0, 0.1) is 11.3 Å². The van der Waals surface area contributed by atoms with Crippen molar-refractivity contribution in [2.45, 2.75) is 4.90 Å². The Morgan fingerprint density at radius 1 is 1.08 bits per heavy atom. The number of anilines is 1. The topological polar surface area (TPSA) is 92.0 Å². The monoisotopic (exact) mass is 339 g/mol. The number of hydrogen-bond donors (Lipinski definition) is 1. The SMILES string of the molecule is Cn1c(=O)ccc2cc(S(=O)(=O)Nc3cccc(C#N)c3)ccc21. The van der Waals surface area contributed by atoms with Crippen LogP contribution in [0.2, 0.25) is 0 Å². The van der Waals surface area contributed by atoms with Gasteiger partial charge in [-0.05, 0) is 47.9 Å². The quantitative estimate of drug-likeness (QED) is 0.792. The van der Waals surface area contributed by atoms with Gasteiger partial charge in [0.25, 0.3) is 15.6 Å². The lowest BCUT2D eigenvalue weighted by atomic mass is 10.2. The summed E-state index contributed by atoms with van der Waals surface area (Å²) in [6, 6.07) is 15.7. The van der Waals surface area contributed by atoms with Crippen molar-refractivity contribution < 1.29 is 8.42 Å². The van der Waals surface area contributed by atoms with E-state index in [1.54, 1.807) is 37.4 Å². The molecule has 0 amide bonds. The summed E-state index contributed by atoms with van der Waals surface area (Å²) in [5.74, 6) is 0. The molecule has 0 saturated carbocycles. The molecule has 1 N–H and O–H groups in total. The lowest BCUT2D eigenvalue weighted by Crippen LogP contribution is -2.16. The zero-order valence-corrected chi connectivity index (χ0v) is 13.5. The summed E-state index contributed by atoms with van der Waals surface area (Å²) in [5.41, 5.74) is 1.16. The van der Waals surface area contributed by atoms with E-state index >= 15 is 0 Å². The molecular weight excluding hydrogens is 326 g/mol. The molecule has 0 radical (unpaired) electrons. The maximum absolute atomic E-state index is 12.5. The molecule has 24 heavy (non-hydrogen) atoms. The first kappa shape index (κ1) is 15.8. The Bertz CT molecular complexity index is 1140. The van der Waals surface area contributed by atoms with E-state index < -0.39 is 10.0 Å². The molecule has 3 aromatic rings. The summed E-state index contributed by atoms with van der Waals surface area (Å²) in [4.78, 5) is 11.7. The van der Waals surface area contributed by atoms with Gasteiger partial charge >= 0.3 is 0 Å². The number of pyridine rings is 1. The molecule has 1 aromatic heterocycles. The van der Waals surface area contributed by atoms with Gasteiger partial charge in [-0.2, -0.15) is 5.26 Å². The minimum absolute atomic E-state index is 0.0796. The van der Waals surface area contributed by atoms with Gasteiger partial charge in [-0.25, -0.2) is 8.42 Å². The number of sulfonamides is 1. The van der Waals surface area contributed by atoms with Crippen molar-refractivity contribution in [3.05, 3.63) is 70.5 Å². The Kier molecular flexibility index (Phi) is 3.83. The molecule has 0 aliphatic rings. The van der Waals surface area contributed by atoms with Crippen LogP contribution in [0.15, 0.2) is 64.3 Å². The number of hydrogen-bond acceptors (Lipinski definition) is 4. The summed E-state index contributed by atoms with van der Waals surface area (Å²) in [5, 5.41) is 9.53. The maximum atomic E-state index is 12.5. The number of nitrogens with zero attached hydrogens (tertiary/aromatic N) is 2. The van der Waals surface area contributed by atoms with Crippen molar-refractivity contribution in [2.24, 2.45) is 7.05 Å². The minimum atomic E-state index is -3.80. The van der Waals surface area contributed by atoms with E-state index in [9.17, 15) is 13.2 Å². The number of nitrogens with one attached hydrogen (secondary N) is 1. The standard InChI is InChI=1S/C17H13N3O3S/c1-20-16-7-6-15(10-13(16)5-8-17(20)21)24(22,23)19-14-4-2-3-12(9-14)11-18/h2-10,19H,1H3. The van der Waals surface area contributed by atoms with Gasteiger partial charge in [0.1, 0.15) is 0 Å². The Labute approximate surface area is 138 Å². The predicted molar refractivity (Wildman–Crippen MR) is 91.2 cm³/mol. The minimum Gasteiger partial charge on any atom is -0.311 e. The number of fused-ring (bicyclic) bond motifs is 1. The van der Waals surface area contributed by atoms with Gasteiger partial charge in [-0.15, -0.1) is 0 Å². The van der Waals surface area contributed by atoms with Crippen molar-refractivity contribution in [2.75, 3.05) is 4.72 Å². The van der Waals surface area contributed by atoms with Gasteiger partial charge in [-0.3, -0.25) is 9.52 Å². The van der Waals surface area contributed by atoms with Gasteiger partial charge < -0.3 is 4.57 Å². The van der Waals surface area contributed by atoms with E-state index in [1.807, 2.05) is 6.07 Å². The van der Waals surface area contributed by atoms with Crippen molar-refractivity contribution in [1.82, 2.24) is 4.57 Å². The fourth-order valence-electron chi connectivity index (χ4n) is 2.40. The van der Waals surface area contributed by atoms with E-state index in [-0.39, 0.29) is 10.5 Å². The van der Waals surface area contributed by atoms with Crippen molar-refractivity contribution in [1.29, 1.82) is 5.26 Å². The summed E-state index contributed by atoms with van der Waals surface area (Å²) >= 11 is 0. The Balaban J connectivity index is 2.03. The van der Waals surface area contributed by atoms with Gasteiger partial charge in [0.05, 0.1) is 27.7 Å². The largest absolute Gasteiger partial charge is 0.311 e. The molecule has 6 nitrogen and oxygen atoms in total. The molecule has 0 fully saturated rings. The smallest absolute Gasteiger partial charge is 0.261 e. The molecule has 0 aliphatic carbocycles. The third-order valence-electron chi connectivity index (χ3n) is 3.65. The summed E-state index contributed by atoms with van der Waals surface area (Å²) < 4.78 is 29.0. The first-order valence-corrected chi connectivity index (χ1v) is 8.52. The second-order valence-corrected chi connectivity index (χ2v) is 6.93. The molecule has 7 heteroatoms. The zero-order valence-electron chi connectivity index (χ0n) is 12.7. The first-order valence-electron chi connectivity index (χ1n) is 7.03. The van der Waals surface area contributed by atoms with Crippen molar-refractivity contribution in [3.63, 3.8) is 0 Å². The van der Waals surface area contributed by atoms with E-state index in [1.165, 1.54) is 28.8 Å². The van der Waals surface area contributed by atoms with E-state index in [2.05, 4.69) is 4.72 Å². The fraction of sp³-hybridized carbons (Fsp3) is 0.0588. The first-order chi connectivity index (χ1) is 11.4. The lowest BCUT2D eigenvalue weighted by molar-refractivity contribution is 0.601. The summed E-state index contributed by atoms with van der Waals surface area (Å²) in [6.07, 6.45) is 0. The Morgan fingerprint density at radius 3 is 2.62 bits per heavy atom. The number of rotatable bonds is 3. The zero-order chi connectivity index (χ0) is 17.3. The Hall–Kier alpha value is -3.11. The highest BCUT2D eigenvalue weighted by Gasteiger charge is 2.15. The highest BCUT2D eigenvalue weighted by atomic mass is 32.2. The Morgan fingerprint density at radius 2 is 1.88 bits per heavy atom. The molecule has 120 valence electrons. The van der Waals surface area contributed by atoms with Crippen LogP contribution in [0.5, 0.6) is 0 Å².